The lowest BCUT2D eigenvalue weighted by Gasteiger charge is -2.14. The number of hydrogen-bond donors (Lipinski definition) is 2. The van der Waals surface area contributed by atoms with Crippen LogP contribution >= 0.6 is 0 Å². The Hall–Kier alpha value is -3.80. The SMILES string of the molecule is Cc1ccccc1/C=[N+]1\NC(=O)[C@@H](NC(=O)c2ccc(F)cc2)[C@H]1c1ccccc1. The number of nitrogens with zero attached hydrogens (tertiary/aromatic N) is 1. The summed E-state index contributed by atoms with van der Waals surface area (Å²) in [5.74, 6) is -1.18. The highest BCUT2D eigenvalue weighted by Crippen LogP contribution is 2.25. The first-order valence-corrected chi connectivity index (χ1v) is 9.63. The molecule has 0 spiro atoms. The third-order valence-electron chi connectivity index (χ3n) is 5.14. The maximum Gasteiger partial charge on any atom is 0.304 e. The summed E-state index contributed by atoms with van der Waals surface area (Å²) in [5, 5.41) is 2.81. The molecule has 4 rings (SSSR count). The molecule has 2 amide bonds. The van der Waals surface area contributed by atoms with E-state index < -0.39 is 23.8 Å². The highest BCUT2D eigenvalue weighted by molar-refractivity contribution is 5.98. The number of hydrazine groups is 1. The van der Waals surface area contributed by atoms with Gasteiger partial charge < -0.3 is 5.32 Å². The van der Waals surface area contributed by atoms with E-state index in [2.05, 4.69) is 10.7 Å². The number of amides is 2. The Bertz CT molecular complexity index is 1110. The van der Waals surface area contributed by atoms with Gasteiger partial charge in [-0.05, 0) is 42.8 Å². The third-order valence-corrected chi connectivity index (χ3v) is 5.14. The second kappa shape index (κ2) is 8.29. The third kappa shape index (κ3) is 3.98. The van der Waals surface area contributed by atoms with E-state index in [1.54, 1.807) is 4.68 Å². The zero-order valence-corrected chi connectivity index (χ0v) is 16.4. The summed E-state index contributed by atoms with van der Waals surface area (Å²) < 4.78 is 14.9. The second-order valence-electron chi connectivity index (χ2n) is 7.18. The number of carbonyl (C=O) groups excluding carboxylic acids is 2. The van der Waals surface area contributed by atoms with Crippen molar-refractivity contribution in [1.82, 2.24) is 10.7 Å². The molecule has 5 nitrogen and oxygen atoms in total. The van der Waals surface area contributed by atoms with Gasteiger partial charge in [0, 0.05) is 16.7 Å². The maximum absolute atomic E-state index is 13.2. The average molecular weight is 402 g/mol. The molecule has 1 aliphatic heterocycles. The lowest BCUT2D eigenvalue weighted by Crippen LogP contribution is -2.42. The summed E-state index contributed by atoms with van der Waals surface area (Å²) in [7, 11) is 0. The van der Waals surface area contributed by atoms with Crippen molar-refractivity contribution < 1.29 is 18.7 Å². The van der Waals surface area contributed by atoms with Crippen LogP contribution in [-0.4, -0.2) is 28.8 Å². The highest BCUT2D eigenvalue weighted by atomic mass is 19.1. The van der Waals surface area contributed by atoms with Crippen molar-refractivity contribution in [2.75, 3.05) is 0 Å². The molecular weight excluding hydrogens is 381 g/mol. The molecule has 2 N–H and O–H groups in total. The molecule has 6 heteroatoms. The van der Waals surface area contributed by atoms with Gasteiger partial charge in [0.15, 0.2) is 6.04 Å². The lowest BCUT2D eigenvalue weighted by atomic mass is 9.99. The normalized spacial score (nSPS) is 19.5. The van der Waals surface area contributed by atoms with Gasteiger partial charge in [-0.3, -0.25) is 9.59 Å². The molecule has 3 aromatic rings. The fourth-order valence-electron chi connectivity index (χ4n) is 3.54. The first-order valence-electron chi connectivity index (χ1n) is 9.63. The largest absolute Gasteiger partial charge is 0.334 e. The zero-order chi connectivity index (χ0) is 21.1. The van der Waals surface area contributed by atoms with Crippen LogP contribution in [0.25, 0.3) is 0 Å². The number of hydrogen-bond acceptors (Lipinski definition) is 2. The standard InChI is InChI=1S/C24H20FN3O2/c1-16-7-5-6-10-19(16)15-28-22(17-8-3-2-4-9-17)21(24(30)27-28)26-23(29)18-11-13-20(25)14-12-18/h2-15,21-22H,1H3,(H-,26,27,29,30)/p+1/b28-15-/t21-,22+/m0/s1. The fraction of sp³-hybridized carbons (Fsp3) is 0.125. The van der Waals surface area contributed by atoms with Crippen molar-refractivity contribution in [3.63, 3.8) is 0 Å². The van der Waals surface area contributed by atoms with E-state index >= 15 is 0 Å². The Balaban J connectivity index is 1.70. The molecular formula is C24H21FN3O2+. The quantitative estimate of drug-likeness (QED) is 0.659. The van der Waals surface area contributed by atoms with Gasteiger partial charge in [-0.25, -0.2) is 4.39 Å². The number of halogens is 1. The summed E-state index contributed by atoms with van der Waals surface area (Å²) in [6, 6.07) is 21.3. The maximum atomic E-state index is 13.2. The molecule has 30 heavy (non-hydrogen) atoms. The second-order valence-corrected chi connectivity index (χ2v) is 7.18. The van der Waals surface area contributed by atoms with E-state index in [4.69, 9.17) is 0 Å². The number of aryl methyl sites for hydroxylation is 1. The van der Waals surface area contributed by atoms with E-state index in [-0.39, 0.29) is 11.5 Å². The monoisotopic (exact) mass is 402 g/mol. The molecule has 1 saturated heterocycles. The Kier molecular flexibility index (Phi) is 5.39. The molecule has 1 heterocycles. The van der Waals surface area contributed by atoms with Crippen LogP contribution in [0, 0.1) is 12.7 Å². The molecule has 0 radical (unpaired) electrons. The molecule has 1 fully saturated rings. The Labute approximate surface area is 173 Å². The summed E-state index contributed by atoms with van der Waals surface area (Å²) in [5.41, 5.74) is 6.06. The van der Waals surface area contributed by atoms with Crippen LogP contribution in [0.3, 0.4) is 0 Å². The average Bonchev–Trinajstić information content (AvgIpc) is 3.05. The van der Waals surface area contributed by atoms with Crippen molar-refractivity contribution in [3.05, 3.63) is 107 Å². The highest BCUT2D eigenvalue weighted by Gasteiger charge is 2.47. The van der Waals surface area contributed by atoms with Crippen LogP contribution < -0.4 is 10.7 Å². The molecule has 0 unspecified atom stereocenters. The molecule has 0 aromatic heterocycles. The summed E-state index contributed by atoms with van der Waals surface area (Å²) in [4.78, 5) is 25.5. The topological polar surface area (TPSA) is 61.2 Å². The molecule has 3 aromatic carbocycles. The van der Waals surface area contributed by atoms with Gasteiger partial charge in [0.25, 0.3) is 5.91 Å². The van der Waals surface area contributed by atoms with E-state index in [0.717, 1.165) is 16.7 Å². The van der Waals surface area contributed by atoms with Gasteiger partial charge in [0.2, 0.25) is 12.3 Å². The first kappa shape index (κ1) is 19.5. The minimum absolute atomic E-state index is 0.289. The number of hydrazone groups is 1. The molecule has 0 saturated carbocycles. The molecule has 0 bridgehead atoms. The zero-order valence-electron chi connectivity index (χ0n) is 16.4. The predicted molar refractivity (Wildman–Crippen MR) is 112 cm³/mol. The predicted octanol–water partition coefficient (Wildman–Crippen LogP) is 3.15. The van der Waals surface area contributed by atoms with Crippen molar-refractivity contribution in [2.24, 2.45) is 0 Å². The van der Waals surface area contributed by atoms with Gasteiger partial charge in [0.1, 0.15) is 5.82 Å². The number of rotatable bonds is 4. The van der Waals surface area contributed by atoms with Gasteiger partial charge in [-0.15, -0.1) is 10.1 Å². The van der Waals surface area contributed by atoms with Crippen molar-refractivity contribution in [3.8, 4) is 0 Å². The lowest BCUT2D eigenvalue weighted by molar-refractivity contribution is -0.596. The van der Waals surface area contributed by atoms with Gasteiger partial charge in [0.05, 0.1) is 0 Å². The Morgan fingerprint density at radius 1 is 1.00 bits per heavy atom. The summed E-state index contributed by atoms with van der Waals surface area (Å²) in [6.45, 7) is 2.00. The summed E-state index contributed by atoms with van der Waals surface area (Å²) >= 11 is 0. The number of carbonyl (C=O) groups is 2. The van der Waals surface area contributed by atoms with Gasteiger partial charge in [-0.2, -0.15) is 0 Å². The van der Waals surface area contributed by atoms with Crippen LogP contribution in [0.5, 0.6) is 0 Å². The number of nitrogens with one attached hydrogen (secondary N) is 2. The van der Waals surface area contributed by atoms with Crippen LogP contribution in [0.2, 0.25) is 0 Å². The van der Waals surface area contributed by atoms with Crippen LogP contribution in [0.1, 0.15) is 33.1 Å². The van der Waals surface area contributed by atoms with Crippen molar-refractivity contribution in [1.29, 1.82) is 0 Å². The minimum atomic E-state index is -0.815. The minimum Gasteiger partial charge on any atom is -0.334 e. The summed E-state index contributed by atoms with van der Waals surface area (Å²) in [6.07, 6.45) is 1.87. The Morgan fingerprint density at radius 3 is 2.37 bits per heavy atom. The van der Waals surface area contributed by atoms with E-state index in [1.165, 1.54) is 24.3 Å². The van der Waals surface area contributed by atoms with Crippen LogP contribution in [-0.2, 0) is 4.79 Å². The van der Waals surface area contributed by atoms with E-state index in [0.29, 0.717) is 0 Å². The van der Waals surface area contributed by atoms with E-state index in [9.17, 15) is 14.0 Å². The van der Waals surface area contributed by atoms with E-state index in [1.807, 2.05) is 67.7 Å². The molecule has 2 atom stereocenters. The molecule has 1 aliphatic rings. The number of benzene rings is 3. The first-order chi connectivity index (χ1) is 14.5. The molecule has 150 valence electrons. The van der Waals surface area contributed by atoms with Crippen molar-refractivity contribution >= 4 is 18.0 Å². The molecule has 0 aliphatic carbocycles. The Morgan fingerprint density at radius 2 is 1.67 bits per heavy atom. The fourth-order valence-corrected chi connectivity index (χ4v) is 3.54. The van der Waals surface area contributed by atoms with Gasteiger partial charge in [-0.1, -0.05) is 48.5 Å². The van der Waals surface area contributed by atoms with Crippen LogP contribution in [0.4, 0.5) is 4.39 Å². The van der Waals surface area contributed by atoms with Crippen molar-refractivity contribution in [2.45, 2.75) is 19.0 Å². The van der Waals surface area contributed by atoms with Crippen LogP contribution in [0.15, 0.2) is 78.9 Å². The van der Waals surface area contributed by atoms with Gasteiger partial charge >= 0.3 is 5.91 Å². The smallest absolute Gasteiger partial charge is 0.304 e.